The number of hydrogen-bond acceptors (Lipinski definition) is 2. The predicted molar refractivity (Wildman–Crippen MR) is 62.2 cm³/mol. The molecular formula is C12H27NO. The van der Waals surface area contributed by atoms with Crippen LogP contribution in [-0.2, 0) is 4.84 Å². The first kappa shape index (κ1) is 13.9. The minimum absolute atomic E-state index is 0.893. The molecule has 0 heterocycles. The standard InChI is InChI=1S/C12H27NO/c1-4-7-10-13(11-8-5-2)14-12-9-6-3/h4-12H2,1-3H3. The summed E-state index contributed by atoms with van der Waals surface area (Å²) in [7, 11) is 0. The Labute approximate surface area is 89.6 Å². The van der Waals surface area contributed by atoms with Gasteiger partial charge in [-0.15, -0.1) is 0 Å². The molecule has 0 radical (unpaired) electrons. The van der Waals surface area contributed by atoms with E-state index in [0.29, 0.717) is 0 Å². The molecule has 0 aliphatic carbocycles. The summed E-state index contributed by atoms with van der Waals surface area (Å²) in [5.74, 6) is 0. The lowest BCUT2D eigenvalue weighted by molar-refractivity contribution is -0.161. The van der Waals surface area contributed by atoms with Crippen LogP contribution in [0.3, 0.4) is 0 Å². The summed E-state index contributed by atoms with van der Waals surface area (Å²) in [6, 6.07) is 0. The number of nitrogens with zero attached hydrogens (tertiary/aromatic N) is 1. The monoisotopic (exact) mass is 201 g/mol. The lowest BCUT2D eigenvalue weighted by Gasteiger charge is -2.21. The van der Waals surface area contributed by atoms with Crippen molar-refractivity contribution in [1.29, 1.82) is 0 Å². The van der Waals surface area contributed by atoms with E-state index in [1.165, 1.54) is 38.5 Å². The zero-order chi connectivity index (χ0) is 10.6. The minimum Gasteiger partial charge on any atom is -0.299 e. The molecule has 0 saturated heterocycles. The highest BCUT2D eigenvalue weighted by atomic mass is 16.7. The molecule has 0 saturated carbocycles. The molecule has 14 heavy (non-hydrogen) atoms. The Kier molecular flexibility index (Phi) is 10.9. The van der Waals surface area contributed by atoms with Gasteiger partial charge in [-0.25, -0.2) is 0 Å². The smallest absolute Gasteiger partial charge is 0.0685 e. The van der Waals surface area contributed by atoms with Crippen molar-refractivity contribution in [2.75, 3.05) is 19.7 Å². The number of rotatable bonds is 10. The van der Waals surface area contributed by atoms with Gasteiger partial charge in [-0.05, 0) is 19.3 Å². The Morgan fingerprint density at radius 2 is 1.29 bits per heavy atom. The van der Waals surface area contributed by atoms with Crippen molar-refractivity contribution in [1.82, 2.24) is 5.06 Å². The second kappa shape index (κ2) is 11.0. The molecule has 0 aromatic carbocycles. The molecular weight excluding hydrogens is 174 g/mol. The van der Waals surface area contributed by atoms with E-state index in [4.69, 9.17) is 4.84 Å². The highest BCUT2D eigenvalue weighted by Crippen LogP contribution is 2.01. The van der Waals surface area contributed by atoms with Crippen molar-refractivity contribution in [3.05, 3.63) is 0 Å². The van der Waals surface area contributed by atoms with Gasteiger partial charge in [0.2, 0.25) is 0 Å². The fourth-order valence-corrected chi connectivity index (χ4v) is 1.25. The van der Waals surface area contributed by atoms with E-state index in [-0.39, 0.29) is 0 Å². The maximum atomic E-state index is 5.72. The number of hydroxylamine groups is 2. The third-order valence-electron chi connectivity index (χ3n) is 2.29. The van der Waals surface area contributed by atoms with Gasteiger partial charge in [-0.1, -0.05) is 40.0 Å². The summed E-state index contributed by atoms with van der Waals surface area (Å²) in [4.78, 5) is 5.72. The first-order valence-electron chi connectivity index (χ1n) is 6.23. The molecule has 0 aromatic heterocycles. The fraction of sp³-hybridized carbons (Fsp3) is 1.00. The van der Waals surface area contributed by atoms with E-state index < -0.39 is 0 Å². The second-order valence-corrected chi connectivity index (χ2v) is 3.82. The van der Waals surface area contributed by atoms with Crippen LogP contribution in [0.2, 0.25) is 0 Å². The van der Waals surface area contributed by atoms with Gasteiger partial charge < -0.3 is 0 Å². The molecule has 0 aliphatic rings. The Balaban J connectivity index is 3.49. The molecule has 2 heteroatoms. The molecule has 0 spiro atoms. The number of unbranched alkanes of at least 4 members (excludes halogenated alkanes) is 3. The van der Waals surface area contributed by atoms with Gasteiger partial charge in [0.15, 0.2) is 0 Å². The van der Waals surface area contributed by atoms with Gasteiger partial charge in [0, 0.05) is 13.1 Å². The molecule has 0 aliphatic heterocycles. The van der Waals surface area contributed by atoms with Crippen molar-refractivity contribution in [3.63, 3.8) is 0 Å². The van der Waals surface area contributed by atoms with Gasteiger partial charge in [-0.3, -0.25) is 4.84 Å². The summed E-state index contributed by atoms with van der Waals surface area (Å²) in [5.41, 5.74) is 0. The van der Waals surface area contributed by atoms with Crippen molar-refractivity contribution >= 4 is 0 Å². The fourth-order valence-electron chi connectivity index (χ4n) is 1.25. The third-order valence-corrected chi connectivity index (χ3v) is 2.29. The zero-order valence-electron chi connectivity index (χ0n) is 10.2. The first-order valence-corrected chi connectivity index (χ1v) is 6.23. The molecule has 0 fully saturated rings. The highest BCUT2D eigenvalue weighted by molar-refractivity contribution is 4.47. The molecule has 0 atom stereocenters. The van der Waals surface area contributed by atoms with Crippen LogP contribution in [-0.4, -0.2) is 24.8 Å². The summed E-state index contributed by atoms with van der Waals surface area (Å²) in [6.07, 6.45) is 7.38. The van der Waals surface area contributed by atoms with Gasteiger partial charge in [-0.2, -0.15) is 5.06 Å². The summed E-state index contributed by atoms with van der Waals surface area (Å²) in [6.45, 7) is 9.74. The Bertz CT molecular complexity index is 98.5. The number of hydrogen-bond donors (Lipinski definition) is 0. The van der Waals surface area contributed by atoms with Gasteiger partial charge in [0.25, 0.3) is 0 Å². The predicted octanol–water partition coefficient (Wildman–Crippen LogP) is 3.62. The maximum absolute atomic E-state index is 5.72. The summed E-state index contributed by atoms with van der Waals surface area (Å²) < 4.78 is 0. The van der Waals surface area contributed by atoms with Crippen LogP contribution in [0.5, 0.6) is 0 Å². The topological polar surface area (TPSA) is 12.5 Å². The lowest BCUT2D eigenvalue weighted by Crippen LogP contribution is -2.26. The highest BCUT2D eigenvalue weighted by Gasteiger charge is 2.03. The van der Waals surface area contributed by atoms with Crippen LogP contribution in [0.25, 0.3) is 0 Å². The van der Waals surface area contributed by atoms with Crippen LogP contribution in [0, 0.1) is 0 Å². The molecule has 0 aromatic rings. The Hall–Kier alpha value is -0.0800. The minimum atomic E-state index is 0.893. The molecule has 0 rings (SSSR count). The second-order valence-electron chi connectivity index (χ2n) is 3.82. The van der Waals surface area contributed by atoms with E-state index in [2.05, 4.69) is 25.8 Å². The summed E-state index contributed by atoms with van der Waals surface area (Å²) >= 11 is 0. The van der Waals surface area contributed by atoms with E-state index in [1.54, 1.807) is 0 Å². The Morgan fingerprint density at radius 1 is 0.786 bits per heavy atom. The van der Waals surface area contributed by atoms with E-state index in [0.717, 1.165) is 19.7 Å². The van der Waals surface area contributed by atoms with Gasteiger partial charge in [0.05, 0.1) is 6.61 Å². The molecule has 0 bridgehead atoms. The Morgan fingerprint density at radius 3 is 1.71 bits per heavy atom. The summed E-state index contributed by atoms with van der Waals surface area (Å²) in [5, 5.41) is 2.16. The van der Waals surface area contributed by atoms with E-state index in [1.807, 2.05) is 0 Å². The van der Waals surface area contributed by atoms with Crippen molar-refractivity contribution < 1.29 is 4.84 Å². The first-order chi connectivity index (χ1) is 6.85. The van der Waals surface area contributed by atoms with Crippen LogP contribution in [0.4, 0.5) is 0 Å². The molecule has 0 amide bonds. The average molecular weight is 201 g/mol. The van der Waals surface area contributed by atoms with Crippen LogP contribution >= 0.6 is 0 Å². The zero-order valence-corrected chi connectivity index (χ0v) is 10.2. The van der Waals surface area contributed by atoms with Crippen LogP contribution < -0.4 is 0 Å². The van der Waals surface area contributed by atoms with E-state index in [9.17, 15) is 0 Å². The van der Waals surface area contributed by atoms with Gasteiger partial charge in [0.1, 0.15) is 0 Å². The quantitative estimate of drug-likeness (QED) is 0.395. The SMILES string of the molecule is CCCCON(CCCC)CCCC. The maximum Gasteiger partial charge on any atom is 0.0685 e. The molecule has 2 nitrogen and oxygen atoms in total. The average Bonchev–Trinajstić information content (AvgIpc) is 2.21. The van der Waals surface area contributed by atoms with Crippen LogP contribution in [0.1, 0.15) is 59.3 Å². The lowest BCUT2D eigenvalue weighted by atomic mass is 10.3. The normalized spacial score (nSPS) is 11.1. The van der Waals surface area contributed by atoms with Crippen LogP contribution in [0.15, 0.2) is 0 Å². The van der Waals surface area contributed by atoms with Gasteiger partial charge >= 0.3 is 0 Å². The third kappa shape index (κ3) is 8.52. The molecule has 0 N–H and O–H groups in total. The molecule has 86 valence electrons. The van der Waals surface area contributed by atoms with Crippen molar-refractivity contribution in [2.45, 2.75) is 59.3 Å². The largest absolute Gasteiger partial charge is 0.299 e. The van der Waals surface area contributed by atoms with Crippen molar-refractivity contribution in [2.24, 2.45) is 0 Å². The van der Waals surface area contributed by atoms with Crippen molar-refractivity contribution in [3.8, 4) is 0 Å². The van der Waals surface area contributed by atoms with E-state index >= 15 is 0 Å². The molecule has 0 unspecified atom stereocenters.